The van der Waals surface area contributed by atoms with Crippen molar-refractivity contribution < 1.29 is 9.53 Å². The number of hydrogen-bond acceptors (Lipinski definition) is 4. The van der Waals surface area contributed by atoms with Gasteiger partial charge in [0.15, 0.2) is 0 Å². The van der Waals surface area contributed by atoms with Crippen molar-refractivity contribution in [2.24, 2.45) is 11.7 Å². The predicted molar refractivity (Wildman–Crippen MR) is 85.2 cm³/mol. The summed E-state index contributed by atoms with van der Waals surface area (Å²) in [5.41, 5.74) is 5.32. The first-order chi connectivity index (χ1) is 10.5. The van der Waals surface area contributed by atoms with Crippen LogP contribution in [-0.2, 0) is 16.1 Å². The van der Waals surface area contributed by atoms with Crippen molar-refractivity contribution in [2.75, 3.05) is 13.2 Å². The summed E-state index contributed by atoms with van der Waals surface area (Å²) in [5.74, 6) is 0.722. The Hall–Kier alpha value is -1.40. The maximum absolute atomic E-state index is 12.7. The Kier molecular flexibility index (Phi) is 5.58. The van der Waals surface area contributed by atoms with Crippen LogP contribution >= 0.6 is 0 Å². The number of nitrogens with zero attached hydrogens (tertiary/aromatic N) is 2. The molecule has 1 aromatic heterocycles. The standard InChI is InChI=1S/C16H28N4O2/c1-4-20-10-9-18-14(20)13-12(6-11-22-13)15(21)19-16(2,3)7-5-8-17/h9-10,12-13H,4-8,11,17H2,1-3H3,(H,19,21)/t12-,13-/m1/s1. The molecule has 0 bridgehead atoms. The molecule has 1 aliphatic rings. The molecule has 1 fully saturated rings. The number of nitrogens with one attached hydrogen (secondary N) is 1. The quantitative estimate of drug-likeness (QED) is 0.802. The van der Waals surface area contributed by atoms with Crippen LogP contribution in [-0.4, -0.2) is 34.1 Å². The summed E-state index contributed by atoms with van der Waals surface area (Å²) < 4.78 is 7.84. The molecule has 0 unspecified atom stereocenters. The van der Waals surface area contributed by atoms with Crippen molar-refractivity contribution in [3.8, 4) is 0 Å². The van der Waals surface area contributed by atoms with Gasteiger partial charge in [0, 0.05) is 31.1 Å². The zero-order valence-corrected chi connectivity index (χ0v) is 13.8. The second-order valence-electron chi connectivity index (χ2n) is 6.52. The molecular weight excluding hydrogens is 280 g/mol. The molecule has 1 saturated heterocycles. The van der Waals surface area contributed by atoms with Gasteiger partial charge in [0.2, 0.25) is 5.91 Å². The third kappa shape index (κ3) is 3.87. The summed E-state index contributed by atoms with van der Waals surface area (Å²) in [6.07, 6.45) is 5.95. The van der Waals surface area contributed by atoms with E-state index in [9.17, 15) is 4.79 Å². The molecule has 22 heavy (non-hydrogen) atoms. The number of carbonyl (C=O) groups is 1. The molecule has 6 heteroatoms. The highest BCUT2D eigenvalue weighted by molar-refractivity contribution is 5.80. The van der Waals surface area contributed by atoms with Crippen LogP contribution in [0.4, 0.5) is 0 Å². The molecule has 1 amide bonds. The van der Waals surface area contributed by atoms with Gasteiger partial charge in [0.25, 0.3) is 0 Å². The predicted octanol–water partition coefficient (Wildman–Crippen LogP) is 1.61. The third-order valence-corrected chi connectivity index (χ3v) is 4.24. The van der Waals surface area contributed by atoms with Crippen molar-refractivity contribution in [3.05, 3.63) is 18.2 Å². The van der Waals surface area contributed by atoms with E-state index in [0.717, 1.165) is 31.6 Å². The minimum Gasteiger partial charge on any atom is -0.369 e. The van der Waals surface area contributed by atoms with Gasteiger partial charge in [-0.3, -0.25) is 4.79 Å². The van der Waals surface area contributed by atoms with Gasteiger partial charge in [0.05, 0.1) is 5.92 Å². The van der Waals surface area contributed by atoms with E-state index in [4.69, 9.17) is 10.5 Å². The maximum Gasteiger partial charge on any atom is 0.226 e. The van der Waals surface area contributed by atoms with E-state index in [1.54, 1.807) is 6.20 Å². The average molecular weight is 308 g/mol. The molecule has 0 aliphatic carbocycles. The van der Waals surface area contributed by atoms with Gasteiger partial charge in [-0.15, -0.1) is 0 Å². The van der Waals surface area contributed by atoms with Crippen molar-refractivity contribution in [1.82, 2.24) is 14.9 Å². The molecule has 0 aromatic carbocycles. The van der Waals surface area contributed by atoms with Gasteiger partial charge in [0.1, 0.15) is 11.9 Å². The highest BCUT2D eigenvalue weighted by atomic mass is 16.5. The van der Waals surface area contributed by atoms with Crippen molar-refractivity contribution in [3.63, 3.8) is 0 Å². The molecule has 124 valence electrons. The average Bonchev–Trinajstić information content (AvgIpc) is 3.12. The summed E-state index contributed by atoms with van der Waals surface area (Å²) in [6, 6.07) is 0. The summed E-state index contributed by atoms with van der Waals surface area (Å²) in [6.45, 7) is 8.21. The van der Waals surface area contributed by atoms with Gasteiger partial charge < -0.3 is 20.4 Å². The summed E-state index contributed by atoms with van der Waals surface area (Å²) >= 11 is 0. The fourth-order valence-electron chi connectivity index (χ4n) is 2.99. The molecule has 0 saturated carbocycles. The monoisotopic (exact) mass is 308 g/mol. The lowest BCUT2D eigenvalue weighted by atomic mass is 9.94. The first-order valence-corrected chi connectivity index (χ1v) is 8.13. The summed E-state index contributed by atoms with van der Waals surface area (Å²) in [7, 11) is 0. The van der Waals surface area contributed by atoms with E-state index in [-0.39, 0.29) is 23.5 Å². The number of amides is 1. The van der Waals surface area contributed by atoms with Crippen LogP contribution in [0.5, 0.6) is 0 Å². The number of hydrogen-bond donors (Lipinski definition) is 2. The molecule has 1 aromatic rings. The highest BCUT2D eigenvalue weighted by Gasteiger charge is 2.39. The van der Waals surface area contributed by atoms with Crippen LogP contribution in [0, 0.1) is 5.92 Å². The fraction of sp³-hybridized carbons (Fsp3) is 0.750. The molecule has 2 rings (SSSR count). The number of aryl methyl sites for hydroxylation is 1. The second kappa shape index (κ2) is 7.24. The Morgan fingerprint density at radius 3 is 3.05 bits per heavy atom. The Labute approximate surface area is 132 Å². The topological polar surface area (TPSA) is 82.2 Å². The first-order valence-electron chi connectivity index (χ1n) is 8.13. The molecule has 2 atom stereocenters. The van der Waals surface area contributed by atoms with Crippen LogP contribution < -0.4 is 11.1 Å². The maximum atomic E-state index is 12.7. The van der Waals surface area contributed by atoms with Crippen LogP contribution in [0.2, 0.25) is 0 Å². The largest absolute Gasteiger partial charge is 0.369 e. The number of aromatic nitrogens is 2. The molecule has 3 N–H and O–H groups in total. The zero-order valence-electron chi connectivity index (χ0n) is 13.8. The van der Waals surface area contributed by atoms with Crippen LogP contribution in [0.25, 0.3) is 0 Å². The molecule has 2 heterocycles. The Morgan fingerprint density at radius 2 is 2.36 bits per heavy atom. The summed E-state index contributed by atoms with van der Waals surface area (Å²) in [5, 5.41) is 3.15. The van der Waals surface area contributed by atoms with Crippen LogP contribution in [0.15, 0.2) is 12.4 Å². The van der Waals surface area contributed by atoms with Gasteiger partial charge >= 0.3 is 0 Å². The fourth-order valence-corrected chi connectivity index (χ4v) is 2.99. The van der Waals surface area contributed by atoms with Gasteiger partial charge in [-0.05, 0) is 46.6 Å². The normalized spacial score (nSPS) is 22.0. The van der Waals surface area contributed by atoms with E-state index in [0.29, 0.717) is 13.2 Å². The molecule has 0 spiro atoms. The van der Waals surface area contributed by atoms with E-state index in [1.807, 2.05) is 24.6 Å². The number of nitrogens with two attached hydrogens (primary N) is 1. The lowest BCUT2D eigenvalue weighted by Gasteiger charge is -2.29. The van der Waals surface area contributed by atoms with E-state index in [1.165, 1.54) is 0 Å². The first kappa shape index (κ1) is 17.0. The van der Waals surface area contributed by atoms with Crippen LogP contribution in [0.3, 0.4) is 0 Å². The molecule has 0 radical (unpaired) electrons. The minimum absolute atomic E-state index is 0.0511. The molecule has 1 aliphatic heterocycles. The van der Waals surface area contributed by atoms with E-state index >= 15 is 0 Å². The third-order valence-electron chi connectivity index (χ3n) is 4.24. The lowest BCUT2D eigenvalue weighted by Crippen LogP contribution is -2.47. The van der Waals surface area contributed by atoms with Crippen molar-refractivity contribution in [2.45, 2.75) is 58.2 Å². The van der Waals surface area contributed by atoms with Gasteiger partial charge in [-0.25, -0.2) is 4.98 Å². The molecule has 6 nitrogen and oxygen atoms in total. The number of ether oxygens (including phenoxy) is 1. The van der Waals surface area contributed by atoms with E-state index in [2.05, 4.69) is 17.2 Å². The van der Waals surface area contributed by atoms with Gasteiger partial charge in [-0.1, -0.05) is 0 Å². The van der Waals surface area contributed by atoms with Crippen molar-refractivity contribution >= 4 is 5.91 Å². The van der Waals surface area contributed by atoms with Gasteiger partial charge in [-0.2, -0.15) is 0 Å². The highest BCUT2D eigenvalue weighted by Crippen LogP contribution is 2.34. The second-order valence-corrected chi connectivity index (χ2v) is 6.52. The Morgan fingerprint density at radius 1 is 1.59 bits per heavy atom. The Balaban J connectivity index is 2.05. The Bertz CT molecular complexity index is 498. The SMILES string of the molecule is CCn1ccnc1[C@@H]1OCC[C@H]1C(=O)NC(C)(C)CCCN. The summed E-state index contributed by atoms with van der Waals surface area (Å²) in [4.78, 5) is 17.1. The van der Waals surface area contributed by atoms with Crippen molar-refractivity contribution in [1.29, 1.82) is 0 Å². The number of carbonyl (C=O) groups excluding carboxylic acids is 1. The lowest BCUT2D eigenvalue weighted by molar-refractivity contribution is -0.128. The minimum atomic E-state index is -0.250. The smallest absolute Gasteiger partial charge is 0.226 e. The van der Waals surface area contributed by atoms with E-state index < -0.39 is 0 Å². The number of rotatable bonds is 7. The molecular formula is C16H28N4O2. The van der Waals surface area contributed by atoms with Crippen LogP contribution in [0.1, 0.15) is 52.0 Å². The zero-order chi connectivity index (χ0) is 16.2. The number of imidazole rings is 1.